The third kappa shape index (κ3) is 3.26. The molecule has 6 rings (SSSR count). The molecule has 0 amide bonds. The lowest BCUT2D eigenvalue weighted by molar-refractivity contribution is 0.948. The van der Waals surface area contributed by atoms with Crippen LogP contribution in [-0.2, 0) is 5.75 Å². The summed E-state index contributed by atoms with van der Waals surface area (Å²) < 4.78 is 4.49. The maximum Gasteiger partial charge on any atom is 0.258 e. The Morgan fingerprint density at radius 3 is 2.75 bits per heavy atom. The molecule has 0 N–H and O–H groups in total. The Balaban J connectivity index is 1.50. The molecule has 0 aliphatic heterocycles. The maximum atomic E-state index is 12.5. The van der Waals surface area contributed by atoms with E-state index in [1.54, 1.807) is 18.3 Å². The van der Waals surface area contributed by atoms with Crippen LogP contribution in [0, 0.1) is 0 Å². The Kier molecular flexibility index (Phi) is 4.67. The minimum atomic E-state index is -0.164. The molecule has 0 aliphatic carbocycles. The van der Waals surface area contributed by atoms with Crippen molar-refractivity contribution in [3.63, 3.8) is 0 Å². The maximum absolute atomic E-state index is 12.5. The van der Waals surface area contributed by atoms with Gasteiger partial charge in [-0.25, -0.2) is 15.0 Å². The number of para-hydroxylation sites is 2. The minimum absolute atomic E-state index is 0.164. The number of hydrogen-bond donors (Lipinski definition) is 0. The summed E-state index contributed by atoms with van der Waals surface area (Å²) >= 11 is 11.1. The molecule has 0 atom stereocenters. The number of hydrogen-bond acceptors (Lipinski definition) is 5. The third-order valence-electron chi connectivity index (χ3n) is 5.19. The summed E-state index contributed by atoms with van der Waals surface area (Å²) in [6.45, 7) is 0. The van der Waals surface area contributed by atoms with Crippen LogP contribution in [0.3, 0.4) is 0 Å². The predicted molar refractivity (Wildman–Crippen MR) is 132 cm³/mol. The molecule has 156 valence electrons. The van der Waals surface area contributed by atoms with Gasteiger partial charge in [-0.1, -0.05) is 51.4 Å². The number of pyridine rings is 1. The van der Waals surface area contributed by atoms with Crippen LogP contribution in [0.4, 0.5) is 0 Å². The van der Waals surface area contributed by atoms with E-state index in [1.807, 2.05) is 42.5 Å². The zero-order chi connectivity index (χ0) is 21.8. The van der Waals surface area contributed by atoms with Gasteiger partial charge < -0.3 is 0 Å². The van der Waals surface area contributed by atoms with Gasteiger partial charge in [-0.3, -0.25) is 13.6 Å². The fraction of sp³-hybridized carbons (Fsp3) is 0.0435. The van der Waals surface area contributed by atoms with E-state index >= 15 is 0 Å². The number of nitrogens with zero attached hydrogens (tertiary/aromatic N) is 5. The van der Waals surface area contributed by atoms with Crippen molar-refractivity contribution >= 4 is 72.5 Å². The molecule has 0 unspecified atom stereocenters. The van der Waals surface area contributed by atoms with Gasteiger partial charge >= 0.3 is 0 Å². The fourth-order valence-corrected chi connectivity index (χ4v) is 5.20. The highest BCUT2D eigenvalue weighted by Crippen LogP contribution is 2.31. The molecule has 0 spiro atoms. The summed E-state index contributed by atoms with van der Waals surface area (Å²) in [7, 11) is 0. The topological polar surface area (TPSA) is 64.6 Å². The van der Waals surface area contributed by atoms with Crippen molar-refractivity contribution in [2.75, 3.05) is 0 Å². The summed E-state index contributed by atoms with van der Waals surface area (Å²) in [5.74, 6) is 0.491. The summed E-state index contributed by atoms with van der Waals surface area (Å²) in [6.07, 6.45) is 1.58. The first-order chi connectivity index (χ1) is 15.6. The van der Waals surface area contributed by atoms with Crippen LogP contribution in [0.15, 0.2) is 81.3 Å². The van der Waals surface area contributed by atoms with Crippen molar-refractivity contribution in [2.45, 2.75) is 10.9 Å². The van der Waals surface area contributed by atoms with E-state index in [9.17, 15) is 4.79 Å². The first-order valence-electron chi connectivity index (χ1n) is 9.74. The largest absolute Gasteiger partial charge is 0.271 e. The molecule has 0 bridgehead atoms. The van der Waals surface area contributed by atoms with Crippen LogP contribution >= 0.6 is 39.3 Å². The second-order valence-electron chi connectivity index (χ2n) is 7.27. The Morgan fingerprint density at radius 2 is 1.84 bits per heavy atom. The van der Waals surface area contributed by atoms with Crippen LogP contribution < -0.4 is 5.56 Å². The van der Waals surface area contributed by atoms with Gasteiger partial charge in [0.2, 0.25) is 0 Å². The number of rotatable bonds is 3. The monoisotopic (exact) mass is 521 g/mol. The Bertz CT molecular complexity index is 1750. The lowest BCUT2D eigenvalue weighted by atomic mass is 10.2. The van der Waals surface area contributed by atoms with Gasteiger partial charge in [0, 0.05) is 27.9 Å². The van der Waals surface area contributed by atoms with Crippen molar-refractivity contribution in [3.8, 4) is 0 Å². The van der Waals surface area contributed by atoms with Crippen molar-refractivity contribution in [1.29, 1.82) is 0 Å². The number of fused-ring (bicyclic) bond motifs is 6. The highest BCUT2D eigenvalue weighted by atomic mass is 79.9. The summed E-state index contributed by atoms with van der Waals surface area (Å²) in [5.41, 5.74) is 4.68. The molecule has 0 saturated heterocycles. The first kappa shape index (κ1) is 19.7. The fourth-order valence-electron chi connectivity index (χ4n) is 3.77. The van der Waals surface area contributed by atoms with E-state index in [0.717, 1.165) is 37.2 Å². The lowest BCUT2D eigenvalue weighted by Gasteiger charge is -2.09. The normalized spacial score (nSPS) is 11.8. The number of imidazole rings is 1. The van der Waals surface area contributed by atoms with Crippen LogP contribution in [0.1, 0.15) is 5.69 Å². The molecular weight excluding hydrogens is 510 g/mol. The Morgan fingerprint density at radius 1 is 0.969 bits per heavy atom. The molecule has 0 aliphatic rings. The number of benzene rings is 2. The minimum Gasteiger partial charge on any atom is -0.271 e. The van der Waals surface area contributed by atoms with Crippen molar-refractivity contribution in [2.24, 2.45) is 0 Å². The van der Waals surface area contributed by atoms with Crippen molar-refractivity contribution < 1.29 is 0 Å². The first-order valence-corrected chi connectivity index (χ1v) is 11.9. The molecule has 6 nitrogen and oxygen atoms in total. The van der Waals surface area contributed by atoms with Gasteiger partial charge in [0.15, 0.2) is 5.16 Å². The molecule has 32 heavy (non-hydrogen) atoms. The van der Waals surface area contributed by atoms with Gasteiger partial charge in [0.1, 0.15) is 11.3 Å². The van der Waals surface area contributed by atoms with Crippen LogP contribution in [0.5, 0.6) is 0 Å². The van der Waals surface area contributed by atoms with Gasteiger partial charge in [-0.15, -0.1) is 0 Å². The summed E-state index contributed by atoms with van der Waals surface area (Å²) in [5, 5.41) is 2.26. The molecule has 4 aromatic heterocycles. The van der Waals surface area contributed by atoms with E-state index in [-0.39, 0.29) is 5.56 Å². The Labute approximate surface area is 199 Å². The van der Waals surface area contributed by atoms with E-state index in [0.29, 0.717) is 22.1 Å². The highest BCUT2D eigenvalue weighted by molar-refractivity contribution is 9.10. The molecule has 9 heteroatoms. The molecule has 0 radical (unpaired) electrons. The van der Waals surface area contributed by atoms with Crippen molar-refractivity contribution in [3.05, 3.63) is 92.4 Å². The van der Waals surface area contributed by atoms with E-state index in [2.05, 4.69) is 25.3 Å². The van der Waals surface area contributed by atoms with E-state index in [1.165, 1.54) is 22.2 Å². The van der Waals surface area contributed by atoms with Crippen molar-refractivity contribution in [1.82, 2.24) is 23.8 Å². The molecular formula is C23H13BrClN5OS. The second-order valence-corrected chi connectivity index (χ2v) is 9.56. The van der Waals surface area contributed by atoms with E-state index < -0.39 is 0 Å². The average molecular weight is 523 g/mol. The molecule has 4 heterocycles. The molecule has 0 saturated carbocycles. The lowest BCUT2D eigenvalue weighted by Crippen LogP contribution is -2.15. The quantitative estimate of drug-likeness (QED) is 0.219. The molecule has 0 fully saturated rings. The SMILES string of the molecule is O=c1cc(CSc2nc3ccc(Br)cc3c3nc4ccccc4n23)nc2ccc(Cl)cn12. The van der Waals surface area contributed by atoms with Crippen LogP contribution in [0.2, 0.25) is 5.02 Å². The van der Waals surface area contributed by atoms with Crippen LogP contribution in [0.25, 0.3) is 33.2 Å². The standard InChI is InChI=1S/C23H13BrClN5OS/c24-13-5-7-17-16(9-13)22-27-18-3-1-2-4-19(18)30(22)23(28-17)32-12-15-10-21(31)29-11-14(25)6-8-20(29)26-15/h1-11H,12H2. The van der Waals surface area contributed by atoms with Gasteiger partial charge in [-0.05, 0) is 42.5 Å². The highest BCUT2D eigenvalue weighted by Gasteiger charge is 2.15. The smallest absolute Gasteiger partial charge is 0.258 e. The number of aromatic nitrogens is 5. The summed E-state index contributed by atoms with van der Waals surface area (Å²) in [4.78, 5) is 26.9. The predicted octanol–water partition coefficient (Wildman–Crippen LogP) is 5.75. The van der Waals surface area contributed by atoms with E-state index in [4.69, 9.17) is 21.6 Å². The molecule has 2 aromatic carbocycles. The number of halogens is 2. The second kappa shape index (κ2) is 7.58. The van der Waals surface area contributed by atoms with Gasteiger partial charge in [-0.2, -0.15) is 0 Å². The molecule has 6 aromatic rings. The number of thioether (sulfide) groups is 1. The van der Waals surface area contributed by atoms with Crippen LogP contribution in [-0.4, -0.2) is 23.8 Å². The zero-order valence-corrected chi connectivity index (χ0v) is 19.5. The van der Waals surface area contributed by atoms with Gasteiger partial charge in [0.05, 0.1) is 27.3 Å². The van der Waals surface area contributed by atoms with Gasteiger partial charge in [0.25, 0.3) is 5.56 Å². The zero-order valence-electron chi connectivity index (χ0n) is 16.4. The summed E-state index contributed by atoms with van der Waals surface area (Å²) in [6, 6.07) is 19.0. The Hall–Kier alpha value is -2.94. The third-order valence-corrected chi connectivity index (χ3v) is 6.88. The average Bonchev–Trinajstić information content (AvgIpc) is 3.18.